The Labute approximate surface area is 89.0 Å². The summed E-state index contributed by atoms with van der Waals surface area (Å²) >= 11 is 0. The van der Waals surface area contributed by atoms with Crippen LogP contribution in [0.15, 0.2) is 0 Å². The lowest BCUT2D eigenvalue weighted by atomic mass is 10.5. The summed E-state index contributed by atoms with van der Waals surface area (Å²) in [4.78, 5) is 23.5. The molecule has 6 heteroatoms. The number of hydrazine groups is 1. The number of hydrogen-bond donors (Lipinski definition) is 1. The zero-order valence-corrected chi connectivity index (χ0v) is 9.19. The second kappa shape index (κ2) is 3.37. The van der Waals surface area contributed by atoms with E-state index in [2.05, 4.69) is 5.32 Å². The Morgan fingerprint density at radius 3 is 2.53 bits per heavy atom. The van der Waals surface area contributed by atoms with Gasteiger partial charge in [0.05, 0.1) is 26.7 Å². The van der Waals surface area contributed by atoms with Crippen molar-refractivity contribution in [2.24, 2.45) is 0 Å². The lowest BCUT2D eigenvalue weighted by molar-refractivity contribution is -0.819. The topological polar surface area (TPSA) is 52.6 Å². The highest BCUT2D eigenvalue weighted by Crippen LogP contribution is 2.19. The molecule has 84 valence electrons. The van der Waals surface area contributed by atoms with Crippen LogP contribution in [0.25, 0.3) is 0 Å². The van der Waals surface area contributed by atoms with E-state index in [9.17, 15) is 9.59 Å². The number of carbonyl (C=O) groups excluding carboxylic acids is 2. The maximum atomic E-state index is 12.1. The SMILES string of the molecule is CC[N+]1(C)CCN(N2CCNC2=O)C1=O. The number of quaternary nitrogens is 1. The molecule has 0 bridgehead atoms. The Kier molecular flexibility index (Phi) is 2.30. The smallest absolute Gasteiger partial charge is 0.335 e. The predicted molar refractivity (Wildman–Crippen MR) is 53.8 cm³/mol. The van der Waals surface area contributed by atoms with Crippen LogP contribution in [0.3, 0.4) is 0 Å². The first-order chi connectivity index (χ1) is 7.08. The minimum atomic E-state index is -0.159. The summed E-state index contributed by atoms with van der Waals surface area (Å²) in [7, 11) is 1.91. The van der Waals surface area contributed by atoms with Gasteiger partial charge in [0.1, 0.15) is 6.54 Å². The molecule has 0 aliphatic carbocycles. The summed E-state index contributed by atoms with van der Waals surface area (Å²) in [6.07, 6.45) is 0. The monoisotopic (exact) mass is 213 g/mol. The van der Waals surface area contributed by atoms with Crippen molar-refractivity contribution in [2.75, 3.05) is 39.8 Å². The van der Waals surface area contributed by atoms with Crippen LogP contribution in [-0.2, 0) is 0 Å². The van der Waals surface area contributed by atoms with E-state index < -0.39 is 0 Å². The average Bonchev–Trinajstić information content (AvgIpc) is 2.75. The van der Waals surface area contributed by atoms with Gasteiger partial charge in [-0.3, -0.25) is 0 Å². The van der Waals surface area contributed by atoms with E-state index in [4.69, 9.17) is 0 Å². The van der Waals surface area contributed by atoms with Crippen LogP contribution in [-0.4, -0.2) is 66.3 Å². The van der Waals surface area contributed by atoms with Gasteiger partial charge in [-0.05, 0) is 6.92 Å². The highest BCUT2D eigenvalue weighted by Gasteiger charge is 2.46. The van der Waals surface area contributed by atoms with Gasteiger partial charge in [-0.1, -0.05) is 0 Å². The van der Waals surface area contributed by atoms with Crippen LogP contribution in [0.4, 0.5) is 9.59 Å². The van der Waals surface area contributed by atoms with Crippen molar-refractivity contribution in [3.05, 3.63) is 0 Å². The number of amides is 4. The van der Waals surface area contributed by atoms with Crippen LogP contribution < -0.4 is 5.32 Å². The van der Waals surface area contributed by atoms with Crippen molar-refractivity contribution in [1.29, 1.82) is 0 Å². The average molecular weight is 213 g/mol. The highest BCUT2D eigenvalue weighted by atomic mass is 16.2. The molecule has 0 radical (unpaired) electrons. The van der Waals surface area contributed by atoms with E-state index in [1.165, 1.54) is 5.01 Å². The number of likely N-dealkylation sites (N-methyl/N-ethyl adjacent to an activating group) is 1. The Hall–Kier alpha value is -1.30. The van der Waals surface area contributed by atoms with Crippen molar-refractivity contribution in [3.8, 4) is 0 Å². The van der Waals surface area contributed by atoms with Crippen molar-refractivity contribution in [1.82, 2.24) is 15.3 Å². The maximum Gasteiger partial charge on any atom is 0.438 e. The van der Waals surface area contributed by atoms with E-state index >= 15 is 0 Å². The van der Waals surface area contributed by atoms with E-state index in [1.54, 1.807) is 5.01 Å². The molecule has 0 aromatic rings. The first kappa shape index (κ1) is 10.2. The first-order valence-electron chi connectivity index (χ1n) is 5.30. The zero-order valence-electron chi connectivity index (χ0n) is 9.19. The molecule has 0 aromatic carbocycles. The van der Waals surface area contributed by atoms with Gasteiger partial charge >= 0.3 is 12.1 Å². The predicted octanol–water partition coefficient (Wildman–Crippen LogP) is -0.171. The van der Waals surface area contributed by atoms with Gasteiger partial charge in [-0.15, -0.1) is 0 Å². The minimum Gasteiger partial charge on any atom is -0.335 e. The van der Waals surface area contributed by atoms with E-state index in [0.29, 0.717) is 24.1 Å². The Morgan fingerprint density at radius 1 is 1.33 bits per heavy atom. The lowest BCUT2D eigenvalue weighted by Crippen LogP contribution is -2.52. The summed E-state index contributed by atoms with van der Waals surface area (Å²) in [5.41, 5.74) is 0. The van der Waals surface area contributed by atoms with Crippen LogP contribution in [0.1, 0.15) is 6.92 Å². The van der Waals surface area contributed by atoms with Gasteiger partial charge in [0.25, 0.3) is 0 Å². The van der Waals surface area contributed by atoms with Gasteiger partial charge < -0.3 is 5.32 Å². The molecule has 6 nitrogen and oxygen atoms in total. The molecule has 0 spiro atoms. The molecule has 2 aliphatic rings. The molecule has 2 fully saturated rings. The number of urea groups is 2. The number of nitrogens with one attached hydrogen (secondary N) is 1. The van der Waals surface area contributed by atoms with E-state index in [0.717, 1.165) is 13.1 Å². The minimum absolute atomic E-state index is 0.0227. The number of nitrogens with zero attached hydrogens (tertiary/aromatic N) is 3. The fraction of sp³-hybridized carbons (Fsp3) is 0.778. The van der Waals surface area contributed by atoms with Gasteiger partial charge in [-0.25, -0.2) is 19.1 Å². The molecular formula is C9H17N4O2+. The third kappa shape index (κ3) is 1.45. The largest absolute Gasteiger partial charge is 0.438 e. The van der Waals surface area contributed by atoms with E-state index in [-0.39, 0.29) is 12.1 Å². The van der Waals surface area contributed by atoms with Crippen LogP contribution in [0.2, 0.25) is 0 Å². The first-order valence-corrected chi connectivity index (χ1v) is 5.30. The summed E-state index contributed by atoms with van der Waals surface area (Å²) < 4.78 is 0.393. The molecular weight excluding hydrogens is 196 g/mol. The number of rotatable bonds is 2. The maximum absolute atomic E-state index is 12.1. The van der Waals surface area contributed by atoms with Crippen LogP contribution >= 0.6 is 0 Å². The second-order valence-electron chi connectivity index (χ2n) is 4.20. The fourth-order valence-electron chi connectivity index (χ4n) is 1.99. The third-order valence-corrected chi connectivity index (χ3v) is 3.31. The lowest BCUT2D eigenvalue weighted by Gasteiger charge is -2.27. The summed E-state index contributed by atoms with van der Waals surface area (Å²) in [6, 6.07) is -0.137. The van der Waals surface area contributed by atoms with Crippen molar-refractivity contribution in [3.63, 3.8) is 0 Å². The molecule has 2 heterocycles. The number of carbonyl (C=O) groups is 2. The second-order valence-corrected chi connectivity index (χ2v) is 4.20. The highest BCUT2D eigenvalue weighted by molar-refractivity contribution is 5.79. The van der Waals surface area contributed by atoms with Gasteiger partial charge in [0.2, 0.25) is 0 Å². The molecule has 1 atom stereocenters. The molecule has 15 heavy (non-hydrogen) atoms. The zero-order chi connectivity index (χ0) is 11.1. The number of hydrogen-bond acceptors (Lipinski definition) is 2. The fourth-order valence-corrected chi connectivity index (χ4v) is 1.99. The molecule has 0 aromatic heterocycles. The van der Waals surface area contributed by atoms with Crippen molar-refractivity contribution < 1.29 is 14.1 Å². The Morgan fingerprint density at radius 2 is 2.07 bits per heavy atom. The quantitative estimate of drug-likeness (QED) is 0.647. The third-order valence-electron chi connectivity index (χ3n) is 3.31. The molecule has 1 N–H and O–H groups in total. The molecule has 1 unspecified atom stereocenters. The summed E-state index contributed by atoms with van der Waals surface area (Å²) in [6.45, 7) is 5.39. The summed E-state index contributed by atoms with van der Waals surface area (Å²) in [5, 5.41) is 5.79. The Bertz CT molecular complexity index is 306. The normalized spacial score (nSPS) is 31.3. The Balaban J connectivity index is 2.13. The van der Waals surface area contributed by atoms with Gasteiger partial charge in [-0.2, -0.15) is 5.01 Å². The van der Waals surface area contributed by atoms with Crippen molar-refractivity contribution in [2.45, 2.75) is 6.92 Å². The summed E-state index contributed by atoms with van der Waals surface area (Å²) in [5.74, 6) is 0. The van der Waals surface area contributed by atoms with Gasteiger partial charge in [0, 0.05) is 6.54 Å². The molecule has 4 amide bonds. The van der Waals surface area contributed by atoms with Gasteiger partial charge in [0.15, 0.2) is 0 Å². The molecule has 2 aliphatic heterocycles. The standard InChI is InChI=1S/C9H16N4O2/c1-3-13(2)7-6-12(9(13)15)11-5-4-10-8(11)14/h3-7H2,1-2H3/p+1. The molecule has 2 saturated heterocycles. The van der Waals surface area contributed by atoms with Crippen LogP contribution in [0, 0.1) is 0 Å². The van der Waals surface area contributed by atoms with E-state index in [1.807, 2.05) is 14.0 Å². The van der Waals surface area contributed by atoms with Crippen LogP contribution in [0.5, 0.6) is 0 Å². The molecule has 0 saturated carbocycles. The van der Waals surface area contributed by atoms with Crippen molar-refractivity contribution >= 4 is 12.1 Å². The molecule has 2 rings (SSSR count).